The van der Waals surface area contributed by atoms with E-state index in [1.165, 1.54) is 11.3 Å². The number of hydrogen-bond donors (Lipinski definition) is 4. The van der Waals surface area contributed by atoms with E-state index in [1.807, 2.05) is 31.2 Å². The Kier molecular flexibility index (Phi) is 10.9. The number of benzene rings is 3. The Bertz CT molecular complexity index is 2010. The van der Waals surface area contributed by atoms with Crippen LogP contribution in [0.3, 0.4) is 0 Å². The second-order valence-electron chi connectivity index (χ2n) is 14.8. The van der Waals surface area contributed by atoms with E-state index >= 15 is 0 Å². The number of nitrogens with one attached hydrogen (secondary N) is 4. The molecule has 3 aromatic carbocycles. The molecule has 0 bridgehead atoms. The van der Waals surface area contributed by atoms with Crippen LogP contribution in [0.1, 0.15) is 69.1 Å². The van der Waals surface area contributed by atoms with Gasteiger partial charge in [-0.25, -0.2) is 18.1 Å². The molecule has 2 saturated heterocycles. The summed E-state index contributed by atoms with van der Waals surface area (Å²) >= 11 is 0. The van der Waals surface area contributed by atoms with Gasteiger partial charge < -0.3 is 15.5 Å². The molecule has 3 heterocycles. The zero-order valence-electron chi connectivity index (χ0n) is 30.4. The van der Waals surface area contributed by atoms with Crippen molar-refractivity contribution in [1.29, 1.82) is 0 Å². The Hall–Kier alpha value is -4.85. The molecule has 0 radical (unpaired) electrons. The van der Waals surface area contributed by atoms with Crippen LogP contribution in [0.15, 0.2) is 83.9 Å². The molecule has 13 heteroatoms. The van der Waals surface area contributed by atoms with E-state index in [-0.39, 0.29) is 22.6 Å². The van der Waals surface area contributed by atoms with Crippen molar-refractivity contribution >= 4 is 50.7 Å². The number of anilines is 5. The fourth-order valence-electron chi connectivity index (χ4n) is 6.70. The van der Waals surface area contributed by atoms with Gasteiger partial charge in [0.2, 0.25) is 27.8 Å². The van der Waals surface area contributed by atoms with E-state index in [9.17, 15) is 18.0 Å². The monoisotopic (exact) mass is 724 g/mol. The number of nitrogens with zero attached hydrogens (tertiary/aromatic N) is 4. The van der Waals surface area contributed by atoms with Crippen molar-refractivity contribution < 1.29 is 18.0 Å². The van der Waals surface area contributed by atoms with Crippen molar-refractivity contribution in [3.8, 4) is 0 Å². The number of piperidine rings is 2. The Morgan fingerprint density at radius 2 is 1.63 bits per heavy atom. The first kappa shape index (κ1) is 36.9. The summed E-state index contributed by atoms with van der Waals surface area (Å²) < 4.78 is 28.4. The third-order valence-corrected chi connectivity index (χ3v) is 11.2. The minimum absolute atomic E-state index is 0.171. The maximum absolute atomic E-state index is 12.9. The number of hydrogen-bond acceptors (Lipinski definition) is 10. The van der Waals surface area contributed by atoms with Crippen LogP contribution in [0.4, 0.5) is 28.8 Å². The predicted molar refractivity (Wildman–Crippen MR) is 205 cm³/mol. The summed E-state index contributed by atoms with van der Waals surface area (Å²) in [4.78, 5) is 37.9. The average Bonchev–Trinajstić information content (AvgIpc) is 3.10. The summed E-state index contributed by atoms with van der Waals surface area (Å²) in [7, 11) is -1.51. The maximum atomic E-state index is 12.9. The van der Waals surface area contributed by atoms with Gasteiger partial charge >= 0.3 is 0 Å². The Morgan fingerprint density at radius 1 is 0.923 bits per heavy atom. The average molecular weight is 725 g/mol. The second-order valence-corrected chi connectivity index (χ2v) is 16.5. The first-order chi connectivity index (χ1) is 24.7. The smallest absolute Gasteiger partial charge is 0.241 e. The molecule has 1 unspecified atom stereocenters. The van der Waals surface area contributed by atoms with Crippen LogP contribution in [-0.4, -0.2) is 66.8 Å². The molecule has 0 aliphatic carbocycles. The van der Waals surface area contributed by atoms with Gasteiger partial charge in [-0.3, -0.25) is 19.8 Å². The number of carbonyl (C=O) groups is 2. The summed E-state index contributed by atoms with van der Waals surface area (Å²) in [5.41, 5.74) is 5.01. The van der Waals surface area contributed by atoms with Crippen molar-refractivity contribution in [2.24, 2.45) is 0 Å². The van der Waals surface area contributed by atoms with Crippen LogP contribution in [0, 0.1) is 6.92 Å². The Labute approximate surface area is 306 Å². The zero-order chi connectivity index (χ0) is 37.0. The van der Waals surface area contributed by atoms with Gasteiger partial charge in [0.15, 0.2) is 0 Å². The highest BCUT2D eigenvalue weighted by molar-refractivity contribution is 7.89. The van der Waals surface area contributed by atoms with Gasteiger partial charge in [-0.05, 0) is 108 Å². The minimum atomic E-state index is -3.69. The number of rotatable bonds is 11. The summed E-state index contributed by atoms with van der Waals surface area (Å²) in [5.74, 6) is 0.349. The number of aromatic nitrogens is 2. The number of carbonyl (C=O) groups excluding carboxylic acids is 2. The van der Waals surface area contributed by atoms with Crippen LogP contribution in [0.25, 0.3) is 0 Å². The summed E-state index contributed by atoms with van der Waals surface area (Å²) in [6.45, 7) is 10.1. The van der Waals surface area contributed by atoms with Gasteiger partial charge in [0, 0.05) is 66.5 Å². The first-order valence-electron chi connectivity index (χ1n) is 17.7. The zero-order valence-corrected chi connectivity index (χ0v) is 31.3. The molecule has 1 atom stereocenters. The minimum Gasteiger partial charge on any atom is -0.371 e. The fraction of sp³-hybridized carbons (Fsp3) is 0.385. The van der Waals surface area contributed by atoms with E-state index in [4.69, 9.17) is 0 Å². The lowest BCUT2D eigenvalue weighted by molar-refractivity contribution is -0.134. The topological polar surface area (TPSA) is 149 Å². The van der Waals surface area contributed by atoms with Crippen LogP contribution >= 0.6 is 0 Å². The fourth-order valence-corrected chi connectivity index (χ4v) is 8.17. The highest BCUT2D eigenvalue weighted by atomic mass is 32.2. The molecular formula is C39H48N8O4S. The largest absolute Gasteiger partial charge is 0.371 e. The van der Waals surface area contributed by atoms with Crippen LogP contribution in [-0.2, 0) is 26.2 Å². The molecule has 0 spiro atoms. The number of sulfonamides is 1. The molecule has 2 aliphatic rings. The highest BCUT2D eigenvalue weighted by Crippen LogP contribution is 2.28. The van der Waals surface area contributed by atoms with Gasteiger partial charge in [-0.2, -0.15) is 4.98 Å². The highest BCUT2D eigenvalue weighted by Gasteiger charge is 2.28. The van der Waals surface area contributed by atoms with Crippen LogP contribution in [0.2, 0.25) is 0 Å². The lowest BCUT2D eigenvalue weighted by Crippen LogP contribution is -2.43. The van der Waals surface area contributed by atoms with E-state index in [2.05, 4.69) is 71.8 Å². The molecule has 4 N–H and O–H groups in total. The van der Waals surface area contributed by atoms with Crippen molar-refractivity contribution in [3.05, 3.63) is 95.7 Å². The van der Waals surface area contributed by atoms with Crippen molar-refractivity contribution in [2.75, 3.05) is 35.7 Å². The molecule has 4 aromatic rings. The van der Waals surface area contributed by atoms with Gasteiger partial charge in [-0.1, -0.05) is 30.3 Å². The Morgan fingerprint density at radius 3 is 2.31 bits per heavy atom. The van der Waals surface area contributed by atoms with Gasteiger partial charge in [0.1, 0.15) is 5.82 Å². The molecule has 52 heavy (non-hydrogen) atoms. The number of imide groups is 1. The van der Waals surface area contributed by atoms with Crippen LogP contribution < -0.4 is 25.6 Å². The number of amides is 2. The molecule has 2 fully saturated rings. The summed E-state index contributed by atoms with van der Waals surface area (Å²) in [6.07, 6.45) is 4.78. The molecule has 1 aromatic heterocycles. The molecule has 6 rings (SSSR count). The van der Waals surface area contributed by atoms with Gasteiger partial charge in [0.25, 0.3) is 0 Å². The molecular weight excluding hydrogens is 677 g/mol. The van der Waals surface area contributed by atoms with E-state index < -0.39 is 15.6 Å². The summed E-state index contributed by atoms with van der Waals surface area (Å²) in [5, 5.41) is 8.99. The number of aryl methyl sites for hydroxylation is 1. The van der Waals surface area contributed by atoms with E-state index in [0.29, 0.717) is 36.3 Å². The maximum Gasteiger partial charge on any atom is 0.241 e. The van der Waals surface area contributed by atoms with Crippen molar-refractivity contribution in [3.63, 3.8) is 0 Å². The van der Waals surface area contributed by atoms with Crippen LogP contribution in [0.5, 0.6) is 0 Å². The first-order valence-corrected chi connectivity index (χ1v) is 19.2. The summed E-state index contributed by atoms with van der Waals surface area (Å²) in [6, 6.07) is 23.6. The molecule has 12 nitrogen and oxygen atoms in total. The lowest BCUT2D eigenvalue weighted by atomic mass is 9.90. The van der Waals surface area contributed by atoms with E-state index in [0.717, 1.165) is 49.3 Å². The van der Waals surface area contributed by atoms with Gasteiger partial charge in [-0.15, -0.1) is 0 Å². The van der Waals surface area contributed by atoms with E-state index in [1.54, 1.807) is 51.2 Å². The normalized spacial score (nSPS) is 17.3. The molecule has 274 valence electrons. The third kappa shape index (κ3) is 9.32. The lowest BCUT2D eigenvalue weighted by Gasteiger charge is -2.38. The predicted octanol–water partition coefficient (Wildman–Crippen LogP) is 5.97. The van der Waals surface area contributed by atoms with Gasteiger partial charge in [0.05, 0.1) is 10.8 Å². The van der Waals surface area contributed by atoms with Crippen molar-refractivity contribution in [1.82, 2.24) is 24.9 Å². The third-order valence-electron chi connectivity index (χ3n) is 9.45. The SMILES string of the molecule is Cc1cnc(Nc2ccc(N3CCC(N(C)Cc4ccc(C5CCC(=O)NC5=O)cc4)CC3)cc2)nc1Nc1cccc(S(=O)(=O)NC(C)(C)C)c1. The molecule has 0 saturated carbocycles. The standard InChI is InChI=1S/C39H48N8O4S/c1-26-24-40-38(44-36(26)41-30-7-6-8-33(23-30)52(50,51)45-39(2,3)4)42-29-13-15-32(16-14-29)47-21-19-31(20-22-47)46(5)25-27-9-11-28(12-10-27)34-17-18-35(48)43-37(34)49/h6-16,23-24,31,34,45H,17-22,25H2,1-5H3,(H,43,48,49)(H2,40,41,42,44). The quantitative estimate of drug-likeness (QED) is 0.136. The second kappa shape index (κ2) is 15.4. The Balaban J connectivity index is 1.01. The molecule has 2 amide bonds. The molecule has 2 aliphatic heterocycles. The van der Waals surface area contributed by atoms with Crippen molar-refractivity contribution in [2.45, 2.75) is 82.3 Å².